The summed E-state index contributed by atoms with van der Waals surface area (Å²) in [5, 5.41) is 6.97. The SMILES string of the molecule is c1ccc(-c2cc(-c3ccccc3)c3c(c2)c2ccc(N(c4ccc(-c5ccccc5)c(-c5ccccc5)c4)c4ccc5oc6ccccc6c5c4)cc2n3-c2ccc3ccccc3c2)cc1. The predicted octanol–water partition coefficient (Wildman–Crippen LogP) is 18.0. The molecule has 13 aromatic rings. The van der Waals surface area contributed by atoms with Crippen molar-refractivity contribution in [3.05, 3.63) is 255 Å². The molecule has 0 fully saturated rings. The summed E-state index contributed by atoms with van der Waals surface area (Å²) in [5.41, 5.74) is 17.7. The Kier molecular flexibility index (Phi) is 9.17. The van der Waals surface area contributed by atoms with Gasteiger partial charge in [-0.05, 0) is 123 Å². The number of rotatable bonds is 8. The summed E-state index contributed by atoms with van der Waals surface area (Å²) in [7, 11) is 0. The maximum Gasteiger partial charge on any atom is 0.135 e. The van der Waals surface area contributed by atoms with Crippen molar-refractivity contribution in [3.63, 3.8) is 0 Å². The van der Waals surface area contributed by atoms with E-state index in [1.807, 2.05) is 12.1 Å². The van der Waals surface area contributed by atoms with Crippen LogP contribution < -0.4 is 4.90 Å². The fourth-order valence-corrected chi connectivity index (χ4v) is 10.2. The number of benzene rings is 11. The second kappa shape index (κ2) is 16.0. The van der Waals surface area contributed by atoms with Crippen LogP contribution in [0.5, 0.6) is 0 Å². The Hall–Kier alpha value is -8.92. The summed E-state index contributed by atoms with van der Waals surface area (Å²) < 4.78 is 8.89. The topological polar surface area (TPSA) is 21.3 Å². The summed E-state index contributed by atoms with van der Waals surface area (Å²) in [6.07, 6.45) is 0. The third-order valence-corrected chi connectivity index (χ3v) is 13.3. The Morgan fingerprint density at radius 2 is 0.866 bits per heavy atom. The van der Waals surface area contributed by atoms with E-state index in [4.69, 9.17) is 4.42 Å². The zero-order chi connectivity index (χ0) is 44.3. The average molecular weight is 855 g/mol. The third kappa shape index (κ3) is 6.67. The van der Waals surface area contributed by atoms with Gasteiger partial charge in [-0.2, -0.15) is 0 Å². The molecule has 3 heteroatoms. The minimum atomic E-state index is 0.865. The summed E-state index contributed by atoms with van der Waals surface area (Å²) in [6.45, 7) is 0. The molecule has 0 unspecified atom stereocenters. The van der Waals surface area contributed by atoms with E-state index in [-0.39, 0.29) is 0 Å². The van der Waals surface area contributed by atoms with Gasteiger partial charge >= 0.3 is 0 Å². The highest BCUT2D eigenvalue weighted by atomic mass is 16.3. The van der Waals surface area contributed by atoms with Crippen LogP contribution in [0.15, 0.2) is 259 Å². The van der Waals surface area contributed by atoms with Crippen LogP contribution in [0.3, 0.4) is 0 Å². The molecule has 2 heterocycles. The molecule has 0 amide bonds. The van der Waals surface area contributed by atoms with Gasteiger partial charge in [-0.1, -0.05) is 182 Å². The lowest BCUT2D eigenvalue weighted by Gasteiger charge is -2.27. The van der Waals surface area contributed by atoms with Crippen LogP contribution >= 0.6 is 0 Å². The van der Waals surface area contributed by atoms with E-state index in [1.165, 1.54) is 60.4 Å². The first-order valence-electron chi connectivity index (χ1n) is 22.9. The van der Waals surface area contributed by atoms with E-state index in [0.29, 0.717) is 0 Å². The molecule has 0 saturated carbocycles. The van der Waals surface area contributed by atoms with Crippen LogP contribution in [0, 0.1) is 0 Å². The van der Waals surface area contributed by atoms with Gasteiger partial charge in [-0.3, -0.25) is 0 Å². The summed E-state index contributed by atoms with van der Waals surface area (Å²) in [6, 6.07) is 92.2. The molecule has 0 aliphatic carbocycles. The molecule has 0 atom stereocenters. The van der Waals surface area contributed by atoms with Crippen LogP contribution in [-0.4, -0.2) is 4.57 Å². The van der Waals surface area contributed by atoms with E-state index in [1.54, 1.807) is 0 Å². The van der Waals surface area contributed by atoms with Gasteiger partial charge in [0.2, 0.25) is 0 Å². The van der Waals surface area contributed by atoms with Crippen LogP contribution in [0.1, 0.15) is 0 Å². The molecule has 0 N–H and O–H groups in total. The number of aromatic nitrogens is 1. The Morgan fingerprint density at radius 1 is 0.299 bits per heavy atom. The van der Waals surface area contributed by atoms with Crippen molar-refractivity contribution < 1.29 is 4.42 Å². The first-order chi connectivity index (χ1) is 33.2. The fraction of sp³-hybridized carbons (Fsp3) is 0. The van der Waals surface area contributed by atoms with Crippen molar-refractivity contribution in [2.24, 2.45) is 0 Å². The van der Waals surface area contributed by atoms with E-state index >= 15 is 0 Å². The molecule has 3 nitrogen and oxygen atoms in total. The predicted molar refractivity (Wildman–Crippen MR) is 282 cm³/mol. The van der Waals surface area contributed by atoms with Gasteiger partial charge in [-0.25, -0.2) is 0 Å². The van der Waals surface area contributed by atoms with Gasteiger partial charge < -0.3 is 13.9 Å². The molecule has 314 valence electrons. The van der Waals surface area contributed by atoms with Gasteiger partial charge in [0.15, 0.2) is 0 Å². The zero-order valence-corrected chi connectivity index (χ0v) is 36.6. The highest BCUT2D eigenvalue weighted by Crippen LogP contribution is 2.46. The number of hydrogen-bond donors (Lipinski definition) is 0. The molecule has 11 aromatic carbocycles. The van der Waals surface area contributed by atoms with E-state index in [2.05, 4.69) is 252 Å². The van der Waals surface area contributed by atoms with Gasteiger partial charge in [-0.15, -0.1) is 0 Å². The second-order valence-electron chi connectivity index (χ2n) is 17.3. The Morgan fingerprint density at radius 3 is 1.61 bits per heavy atom. The minimum absolute atomic E-state index is 0.865. The van der Waals surface area contributed by atoms with Crippen molar-refractivity contribution in [2.45, 2.75) is 0 Å². The third-order valence-electron chi connectivity index (χ3n) is 13.3. The highest BCUT2D eigenvalue weighted by molar-refractivity contribution is 6.16. The molecule has 0 aliphatic rings. The quantitative estimate of drug-likeness (QED) is 0.152. The van der Waals surface area contributed by atoms with Crippen molar-refractivity contribution in [3.8, 4) is 50.2 Å². The number of furan rings is 1. The molecule has 13 rings (SSSR count). The standard InChI is InChI=1S/C64H42N2O/c1-5-17-43(18-6-1)49-38-58(47-24-11-4-12-25-47)64-60(39-49)55-35-32-53(42-61(55)66(64)50-30-29-44-19-13-14-26-48(44)37-50)65(52-33-36-63-59(41-52)56-27-15-16-28-62(56)67-63)51-31-34-54(45-20-7-2-8-21-45)57(40-51)46-22-9-3-10-23-46/h1-42H. The molecular formula is C64H42N2O. The summed E-state index contributed by atoms with van der Waals surface area (Å²) >= 11 is 0. The summed E-state index contributed by atoms with van der Waals surface area (Å²) in [4.78, 5) is 2.41. The zero-order valence-electron chi connectivity index (χ0n) is 36.6. The van der Waals surface area contributed by atoms with Gasteiger partial charge in [0.05, 0.1) is 11.0 Å². The second-order valence-corrected chi connectivity index (χ2v) is 17.3. The molecule has 67 heavy (non-hydrogen) atoms. The minimum Gasteiger partial charge on any atom is -0.456 e. The van der Waals surface area contributed by atoms with Crippen LogP contribution in [0.25, 0.3) is 105 Å². The average Bonchev–Trinajstić information content (AvgIpc) is 3.94. The Bertz CT molecular complexity index is 3960. The van der Waals surface area contributed by atoms with Crippen molar-refractivity contribution in [1.82, 2.24) is 4.57 Å². The van der Waals surface area contributed by atoms with Gasteiger partial charge in [0, 0.05) is 49.9 Å². The molecule has 0 aliphatic heterocycles. The first-order valence-corrected chi connectivity index (χ1v) is 22.9. The normalized spacial score (nSPS) is 11.6. The maximum absolute atomic E-state index is 6.39. The lowest BCUT2D eigenvalue weighted by molar-refractivity contribution is 0.669. The molecule has 0 saturated heterocycles. The van der Waals surface area contributed by atoms with Crippen LogP contribution in [-0.2, 0) is 0 Å². The van der Waals surface area contributed by atoms with E-state index < -0.39 is 0 Å². The molecular weight excluding hydrogens is 813 g/mol. The molecule has 0 spiro atoms. The van der Waals surface area contributed by atoms with Crippen LogP contribution in [0.4, 0.5) is 17.1 Å². The number of para-hydroxylation sites is 1. The molecule has 0 radical (unpaired) electrons. The van der Waals surface area contributed by atoms with E-state index in [0.717, 1.165) is 61.3 Å². The van der Waals surface area contributed by atoms with E-state index in [9.17, 15) is 0 Å². The lowest BCUT2D eigenvalue weighted by atomic mass is 9.93. The Balaban J connectivity index is 1.12. The smallest absolute Gasteiger partial charge is 0.135 e. The number of nitrogens with zero attached hydrogens (tertiary/aromatic N) is 2. The van der Waals surface area contributed by atoms with Crippen molar-refractivity contribution >= 4 is 71.6 Å². The van der Waals surface area contributed by atoms with Crippen molar-refractivity contribution in [2.75, 3.05) is 4.90 Å². The Labute approximate surface area is 388 Å². The van der Waals surface area contributed by atoms with Crippen LogP contribution in [0.2, 0.25) is 0 Å². The summed E-state index contributed by atoms with van der Waals surface area (Å²) in [5.74, 6) is 0. The highest BCUT2D eigenvalue weighted by Gasteiger charge is 2.23. The van der Waals surface area contributed by atoms with Gasteiger partial charge in [0.25, 0.3) is 0 Å². The molecule has 0 bridgehead atoms. The number of anilines is 3. The maximum atomic E-state index is 6.39. The lowest BCUT2D eigenvalue weighted by Crippen LogP contribution is -2.10. The first kappa shape index (κ1) is 38.5. The monoisotopic (exact) mass is 854 g/mol. The van der Waals surface area contributed by atoms with Crippen molar-refractivity contribution in [1.29, 1.82) is 0 Å². The number of fused-ring (bicyclic) bond motifs is 7. The van der Waals surface area contributed by atoms with Gasteiger partial charge in [0.1, 0.15) is 11.2 Å². The molecule has 2 aromatic heterocycles. The fourth-order valence-electron chi connectivity index (χ4n) is 10.2. The largest absolute Gasteiger partial charge is 0.456 e. The number of hydrogen-bond acceptors (Lipinski definition) is 2.